The molecule has 0 bridgehead atoms. The lowest BCUT2D eigenvalue weighted by Gasteiger charge is -2.33. The van der Waals surface area contributed by atoms with E-state index in [4.69, 9.17) is 0 Å². The predicted molar refractivity (Wildman–Crippen MR) is 112 cm³/mol. The Hall–Kier alpha value is -3.15. The van der Waals surface area contributed by atoms with Gasteiger partial charge in [0.2, 0.25) is 0 Å². The molecule has 2 heterocycles. The number of aromatic amines is 1. The zero-order chi connectivity index (χ0) is 19.7. The number of hydrogen-bond donors (Lipinski definition) is 1. The van der Waals surface area contributed by atoms with Gasteiger partial charge in [-0.2, -0.15) is 0 Å². The van der Waals surface area contributed by atoms with E-state index in [0.29, 0.717) is 17.0 Å². The minimum absolute atomic E-state index is 0.114. The number of piperidine rings is 1. The standard InChI is InChI=1S/C22H23N3O3/c1-2-15-9-11-24(12-10-15)20-8-7-16(13-21(20)25(27)28)19-14-23-22(26)18-6-4-3-5-17(18)19/h3-8,13-15H,2,9-12H2,1H3,(H,23,26). The number of nitrogens with zero attached hydrogens (tertiary/aromatic N) is 2. The number of nitrogens with one attached hydrogen (secondary N) is 1. The van der Waals surface area contributed by atoms with Crippen molar-refractivity contribution in [3.8, 4) is 11.1 Å². The zero-order valence-corrected chi connectivity index (χ0v) is 15.9. The Morgan fingerprint density at radius 1 is 1.14 bits per heavy atom. The van der Waals surface area contributed by atoms with Crippen LogP contribution >= 0.6 is 0 Å². The number of nitro benzene ring substituents is 1. The van der Waals surface area contributed by atoms with Crippen molar-refractivity contribution in [1.82, 2.24) is 4.98 Å². The molecule has 1 fully saturated rings. The second-order valence-corrected chi connectivity index (χ2v) is 7.38. The number of hydrogen-bond acceptors (Lipinski definition) is 4. The molecule has 0 spiro atoms. The van der Waals surface area contributed by atoms with Crippen LogP contribution in [0.2, 0.25) is 0 Å². The molecule has 1 aromatic heterocycles. The first-order chi connectivity index (χ1) is 13.6. The van der Waals surface area contributed by atoms with Crippen molar-refractivity contribution in [3.63, 3.8) is 0 Å². The molecule has 144 valence electrons. The third kappa shape index (κ3) is 3.26. The smallest absolute Gasteiger partial charge is 0.293 e. The van der Waals surface area contributed by atoms with E-state index >= 15 is 0 Å². The molecule has 2 aromatic carbocycles. The molecule has 1 aliphatic heterocycles. The lowest BCUT2D eigenvalue weighted by molar-refractivity contribution is -0.384. The van der Waals surface area contributed by atoms with Crippen molar-refractivity contribution in [2.24, 2.45) is 5.92 Å². The van der Waals surface area contributed by atoms with Crippen LogP contribution in [0, 0.1) is 16.0 Å². The summed E-state index contributed by atoms with van der Waals surface area (Å²) in [6.45, 7) is 3.90. The summed E-state index contributed by atoms with van der Waals surface area (Å²) in [5, 5.41) is 13.2. The van der Waals surface area contributed by atoms with Crippen molar-refractivity contribution in [2.45, 2.75) is 26.2 Å². The number of anilines is 1. The second-order valence-electron chi connectivity index (χ2n) is 7.38. The number of rotatable bonds is 4. The summed E-state index contributed by atoms with van der Waals surface area (Å²) in [5.74, 6) is 0.710. The van der Waals surface area contributed by atoms with E-state index in [1.54, 1.807) is 18.3 Å². The highest BCUT2D eigenvalue weighted by atomic mass is 16.6. The van der Waals surface area contributed by atoms with Crippen molar-refractivity contribution in [1.29, 1.82) is 0 Å². The van der Waals surface area contributed by atoms with Crippen LogP contribution in [-0.4, -0.2) is 23.0 Å². The molecular formula is C22H23N3O3. The molecule has 6 nitrogen and oxygen atoms in total. The van der Waals surface area contributed by atoms with Crippen molar-refractivity contribution >= 4 is 22.1 Å². The van der Waals surface area contributed by atoms with Gasteiger partial charge in [-0.1, -0.05) is 37.6 Å². The Labute approximate surface area is 163 Å². The van der Waals surface area contributed by atoms with Crippen LogP contribution in [0.15, 0.2) is 53.5 Å². The number of fused-ring (bicyclic) bond motifs is 1. The molecule has 1 saturated heterocycles. The summed E-state index contributed by atoms with van der Waals surface area (Å²) in [4.78, 5) is 28.4. The van der Waals surface area contributed by atoms with Crippen LogP contribution in [0.1, 0.15) is 26.2 Å². The molecule has 6 heteroatoms. The lowest BCUT2D eigenvalue weighted by atomic mass is 9.93. The summed E-state index contributed by atoms with van der Waals surface area (Å²) in [6.07, 6.45) is 4.93. The minimum atomic E-state index is -0.307. The number of pyridine rings is 1. The van der Waals surface area contributed by atoms with E-state index < -0.39 is 0 Å². The average Bonchev–Trinajstić information content (AvgIpc) is 2.74. The lowest BCUT2D eigenvalue weighted by Crippen LogP contribution is -2.33. The van der Waals surface area contributed by atoms with E-state index in [2.05, 4.69) is 16.8 Å². The van der Waals surface area contributed by atoms with E-state index in [9.17, 15) is 14.9 Å². The van der Waals surface area contributed by atoms with Gasteiger partial charge in [-0.3, -0.25) is 14.9 Å². The fourth-order valence-electron chi connectivity index (χ4n) is 4.13. The molecular weight excluding hydrogens is 354 g/mol. The summed E-state index contributed by atoms with van der Waals surface area (Å²) in [5.41, 5.74) is 2.14. The van der Waals surface area contributed by atoms with Gasteiger partial charge in [0.15, 0.2) is 0 Å². The number of nitro groups is 1. The third-order valence-electron chi connectivity index (χ3n) is 5.83. The molecule has 0 radical (unpaired) electrons. The van der Waals surface area contributed by atoms with Crippen LogP contribution in [-0.2, 0) is 0 Å². The Morgan fingerprint density at radius 2 is 1.86 bits per heavy atom. The first kappa shape index (κ1) is 18.2. The fraction of sp³-hybridized carbons (Fsp3) is 0.318. The Kier molecular flexibility index (Phi) is 4.86. The zero-order valence-electron chi connectivity index (χ0n) is 15.9. The number of aromatic nitrogens is 1. The van der Waals surface area contributed by atoms with E-state index in [1.165, 1.54) is 0 Å². The Bertz CT molecular complexity index is 1080. The maximum atomic E-state index is 12.1. The Morgan fingerprint density at radius 3 is 2.54 bits per heavy atom. The number of H-pyrrole nitrogens is 1. The molecule has 0 unspecified atom stereocenters. The van der Waals surface area contributed by atoms with Crippen LogP contribution < -0.4 is 10.5 Å². The molecule has 0 saturated carbocycles. The summed E-state index contributed by atoms with van der Waals surface area (Å²) < 4.78 is 0. The second kappa shape index (κ2) is 7.46. The first-order valence-electron chi connectivity index (χ1n) is 9.72. The highest BCUT2D eigenvalue weighted by molar-refractivity contribution is 5.96. The minimum Gasteiger partial charge on any atom is -0.366 e. The molecule has 4 rings (SSSR count). The topological polar surface area (TPSA) is 79.2 Å². The first-order valence-corrected chi connectivity index (χ1v) is 9.72. The summed E-state index contributed by atoms with van der Waals surface area (Å²) >= 11 is 0. The van der Waals surface area contributed by atoms with Gasteiger partial charge >= 0.3 is 0 Å². The predicted octanol–water partition coefficient (Wildman–Crippen LogP) is 4.73. The van der Waals surface area contributed by atoms with Crippen molar-refractivity contribution in [2.75, 3.05) is 18.0 Å². The SMILES string of the molecule is CCC1CCN(c2ccc(-c3c[nH]c(=O)c4ccccc34)cc2[N+](=O)[O-])CC1. The maximum Gasteiger partial charge on any atom is 0.293 e. The van der Waals surface area contributed by atoms with Gasteiger partial charge in [0.05, 0.1) is 4.92 Å². The van der Waals surface area contributed by atoms with E-state index in [-0.39, 0.29) is 16.2 Å². The Balaban J connectivity index is 1.77. The molecule has 0 atom stereocenters. The van der Waals surface area contributed by atoms with E-state index in [1.807, 2.05) is 30.3 Å². The van der Waals surface area contributed by atoms with Crippen molar-refractivity contribution < 1.29 is 4.92 Å². The average molecular weight is 377 g/mol. The summed E-state index contributed by atoms with van der Waals surface area (Å²) in [6, 6.07) is 12.7. The van der Waals surface area contributed by atoms with Gasteiger partial charge in [0, 0.05) is 36.3 Å². The van der Waals surface area contributed by atoms with Crippen LogP contribution in [0.3, 0.4) is 0 Å². The van der Waals surface area contributed by atoms with E-state index in [0.717, 1.165) is 48.9 Å². The monoisotopic (exact) mass is 377 g/mol. The maximum absolute atomic E-state index is 12.1. The molecule has 0 amide bonds. The molecule has 28 heavy (non-hydrogen) atoms. The van der Waals surface area contributed by atoms with Gasteiger partial charge in [-0.25, -0.2) is 0 Å². The van der Waals surface area contributed by atoms with Gasteiger partial charge in [0.25, 0.3) is 11.2 Å². The highest BCUT2D eigenvalue weighted by Gasteiger charge is 2.25. The van der Waals surface area contributed by atoms with Crippen molar-refractivity contribution in [3.05, 3.63) is 69.1 Å². The summed E-state index contributed by atoms with van der Waals surface area (Å²) in [7, 11) is 0. The fourth-order valence-corrected chi connectivity index (χ4v) is 4.13. The van der Waals surface area contributed by atoms with Crippen LogP contribution in [0.25, 0.3) is 21.9 Å². The highest BCUT2D eigenvalue weighted by Crippen LogP contribution is 2.36. The van der Waals surface area contributed by atoms with Gasteiger partial charge in [0.1, 0.15) is 5.69 Å². The molecule has 1 aliphatic rings. The van der Waals surface area contributed by atoms with Gasteiger partial charge in [-0.15, -0.1) is 0 Å². The molecule has 0 aliphatic carbocycles. The quantitative estimate of drug-likeness (QED) is 0.526. The van der Waals surface area contributed by atoms with Crippen LogP contribution in [0.4, 0.5) is 11.4 Å². The van der Waals surface area contributed by atoms with Crippen LogP contribution in [0.5, 0.6) is 0 Å². The van der Waals surface area contributed by atoms with Gasteiger partial charge < -0.3 is 9.88 Å². The normalized spacial score (nSPS) is 15.1. The number of benzene rings is 2. The van der Waals surface area contributed by atoms with Gasteiger partial charge in [-0.05, 0) is 41.8 Å². The third-order valence-corrected chi connectivity index (χ3v) is 5.83. The largest absolute Gasteiger partial charge is 0.366 e. The molecule has 3 aromatic rings. The molecule has 1 N–H and O–H groups in total.